The lowest BCUT2D eigenvalue weighted by Crippen LogP contribution is -2.19. The third-order valence-electron chi connectivity index (χ3n) is 2.22. The second kappa shape index (κ2) is 7.62. The zero-order chi connectivity index (χ0) is 10.9. The maximum atomic E-state index is 5.75. The van der Waals surface area contributed by atoms with Crippen LogP contribution < -0.4 is 0 Å². The first-order chi connectivity index (χ1) is 7.36. The molecule has 15 heavy (non-hydrogen) atoms. The molecule has 0 N–H and O–H groups in total. The summed E-state index contributed by atoms with van der Waals surface area (Å²) in [6, 6.07) is 11.6. The molecule has 3 heteroatoms. The third-order valence-corrected chi connectivity index (χ3v) is 3.61. The first kappa shape index (κ1) is 12.4. The molecule has 0 heterocycles. The summed E-state index contributed by atoms with van der Waals surface area (Å²) < 4.78 is 11.2. The minimum absolute atomic E-state index is 0.0189. The summed E-state index contributed by atoms with van der Waals surface area (Å²) >= 11 is 0. The van der Waals surface area contributed by atoms with E-state index in [1.165, 1.54) is 5.56 Å². The van der Waals surface area contributed by atoms with Gasteiger partial charge >= 0.3 is 0 Å². The largest absolute Gasteiger partial charge is 0.399 e. The Kier molecular flexibility index (Phi) is 6.32. The molecule has 84 valence electrons. The molecule has 2 nitrogen and oxygen atoms in total. The van der Waals surface area contributed by atoms with E-state index in [-0.39, 0.29) is 6.29 Å². The third kappa shape index (κ3) is 5.11. The molecule has 1 unspecified atom stereocenters. The lowest BCUT2D eigenvalue weighted by Gasteiger charge is -2.15. The van der Waals surface area contributed by atoms with Crippen LogP contribution in [0.2, 0.25) is 0 Å². The summed E-state index contributed by atoms with van der Waals surface area (Å²) in [6.07, 6.45) is 0.959. The van der Waals surface area contributed by atoms with Gasteiger partial charge in [0, 0.05) is 6.61 Å². The van der Waals surface area contributed by atoms with Crippen molar-refractivity contribution in [3.05, 3.63) is 35.9 Å². The van der Waals surface area contributed by atoms with E-state index < -0.39 is 9.76 Å². The van der Waals surface area contributed by atoms with Gasteiger partial charge in [-0.1, -0.05) is 37.3 Å². The van der Waals surface area contributed by atoms with Crippen LogP contribution in [0.5, 0.6) is 0 Å². The van der Waals surface area contributed by atoms with Gasteiger partial charge in [-0.25, -0.2) is 0 Å². The molecule has 0 aliphatic rings. The Morgan fingerprint density at radius 2 is 1.93 bits per heavy atom. The Morgan fingerprint density at radius 3 is 2.53 bits per heavy atom. The van der Waals surface area contributed by atoms with E-state index in [1.807, 2.05) is 13.0 Å². The van der Waals surface area contributed by atoms with Gasteiger partial charge in [0.25, 0.3) is 0 Å². The molecule has 1 aromatic carbocycles. The molecule has 0 saturated carbocycles. The van der Waals surface area contributed by atoms with Gasteiger partial charge in [-0.15, -0.1) is 0 Å². The second-order valence-electron chi connectivity index (χ2n) is 3.40. The molecule has 0 spiro atoms. The quantitative estimate of drug-likeness (QED) is 0.521. The standard InChI is InChI=1S/C12H20O2Si/c1-3-12(13-4-2)14-15-10-11-8-6-5-7-9-11/h5-9,12H,3-4,10,15H2,1-2H3. The van der Waals surface area contributed by atoms with Crippen molar-refractivity contribution in [2.75, 3.05) is 6.61 Å². The first-order valence-corrected chi connectivity index (χ1v) is 7.21. The number of rotatable bonds is 7. The van der Waals surface area contributed by atoms with Crippen molar-refractivity contribution in [3.63, 3.8) is 0 Å². The van der Waals surface area contributed by atoms with Crippen LogP contribution in [0.25, 0.3) is 0 Å². The SMILES string of the molecule is CCOC(CC)O[SiH2]Cc1ccccc1. The minimum Gasteiger partial charge on any atom is -0.399 e. The normalized spacial score (nSPS) is 13.5. The molecule has 1 aromatic rings. The zero-order valence-electron chi connectivity index (χ0n) is 9.61. The predicted octanol–water partition coefficient (Wildman–Crippen LogP) is 2.06. The summed E-state index contributed by atoms with van der Waals surface area (Å²) in [5.41, 5.74) is 1.37. The van der Waals surface area contributed by atoms with Crippen molar-refractivity contribution in [1.29, 1.82) is 0 Å². The highest BCUT2D eigenvalue weighted by molar-refractivity contribution is 6.26. The van der Waals surface area contributed by atoms with Crippen molar-refractivity contribution in [3.8, 4) is 0 Å². The smallest absolute Gasteiger partial charge is 0.169 e. The van der Waals surface area contributed by atoms with Crippen LogP contribution in [0.15, 0.2) is 30.3 Å². The molecule has 0 radical (unpaired) electrons. The summed E-state index contributed by atoms with van der Waals surface area (Å²) in [7, 11) is -0.491. The van der Waals surface area contributed by atoms with Crippen LogP contribution in [-0.2, 0) is 15.2 Å². The number of benzene rings is 1. The molecule has 0 saturated heterocycles. The molecule has 0 aliphatic carbocycles. The molecule has 0 aliphatic heterocycles. The predicted molar refractivity (Wildman–Crippen MR) is 65.5 cm³/mol. The van der Waals surface area contributed by atoms with Gasteiger partial charge in [0.05, 0.1) is 0 Å². The first-order valence-electron chi connectivity index (χ1n) is 5.64. The Labute approximate surface area is 94.5 Å². The van der Waals surface area contributed by atoms with Gasteiger partial charge in [-0.3, -0.25) is 0 Å². The van der Waals surface area contributed by atoms with Crippen LogP contribution in [0.3, 0.4) is 0 Å². The molecule has 0 amide bonds. The van der Waals surface area contributed by atoms with E-state index in [0.717, 1.165) is 19.1 Å². The fourth-order valence-corrected chi connectivity index (χ4v) is 2.70. The Balaban J connectivity index is 2.20. The number of hydrogen-bond acceptors (Lipinski definition) is 2. The van der Waals surface area contributed by atoms with E-state index in [0.29, 0.717) is 0 Å². The van der Waals surface area contributed by atoms with Gasteiger partial charge in [0.2, 0.25) is 0 Å². The van der Waals surface area contributed by atoms with Crippen molar-refractivity contribution >= 4 is 9.76 Å². The Hall–Kier alpha value is -0.643. The monoisotopic (exact) mass is 224 g/mol. The van der Waals surface area contributed by atoms with Gasteiger partial charge in [0.15, 0.2) is 9.76 Å². The van der Waals surface area contributed by atoms with Crippen LogP contribution in [0, 0.1) is 0 Å². The maximum Gasteiger partial charge on any atom is 0.169 e. The molecule has 1 rings (SSSR count). The minimum atomic E-state index is -0.491. The van der Waals surface area contributed by atoms with Crippen LogP contribution in [0.1, 0.15) is 25.8 Å². The second-order valence-corrected chi connectivity index (χ2v) is 4.64. The van der Waals surface area contributed by atoms with Crippen molar-refractivity contribution in [2.45, 2.75) is 32.6 Å². The highest BCUT2D eigenvalue weighted by Crippen LogP contribution is 2.02. The lowest BCUT2D eigenvalue weighted by atomic mass is 10.2. The van der Waals surface area contributed by atoms with E-state index in [4.69, 9.17) is 9.16 Å². The average molecular weight is 224 g/mol. The van der Waals surface area contributed by atoms with Crippen molar-refractivity contribution in [2.24, 2.45) is 0 Å². The summed E-state index contributed by atoms with van der Waals surface area (Å²) in [5.74, 6) is 0. The molecular weight excluding hydrogens is 204 g/mol. The van der Waals surface area contributed by atoms with E-state index >= 15 is 0 Å². The highest BCUT2D eigenvalue weighted by atomic mass is 28.2. The highest BCUT2D eigenvalue weighted by Gasteiger charge is 2.04. The molecule has 0 bridgehead atoms. The van der Waals surface area contributed by atoms with Gasteiger partial charge in [-0.2, -0.15) is 0 Å². The van der Waals surface area contributed by atoms with Gasteiger partial charge < -0.3 is 9.16 Å². The van der Waals surface area contributed by atoms with Crippen molar-refractivity contribution in [1.82, 2.24) is 0 Å². The van der Waals surface area contributed by atoms with E-state index in [9.17, 15) is 0 Å². The number of ether oxygens (including phenoxy) is 1. The fraction of sp³-hybridized carbons (Fsp3) is 0.500. The lowest BCUT2D eigenvalue weighted by molar-refractivity contribution is -0.0762. The molecule has 0 fully saturated rings. The maximum absolute atomic E-state index is 5.75. The zero-order valence-corrected chi connectivity index (χ0v) is 11.0. The molecule has 1 atom stereocenters. The van der Waals surface area contributed by atoms with Crippen LogP contribution >= 0.6 is 0 Å². The molecular formula is C12H20O2Si. The fourth-order valence-electron chi connectivity index (χ4n) is 1.42. The van der Waals surface area contributed by atoms with Crippen LogP contribution in [0.4, 0.5) is 0 Å². The molecule has 0 aromatic heterocycles. The summed E-state index contributed by atoms with van der Waals surface area (Å²) in [6.45, 7) is 4.83. The van der Waals surface area contributed by atoms with Gasteiger partial charge in [-0.05, 0) is 25.0 Å². The Morgan fingerprint density at radius 1 is 1.20 bits per heavy atom. The van der Waals surface area contributed by atoms with Gasteiger partial charge in [0.1, 0.15) is 6.29 Å². The topological polar surface area (TPSA) is 18.5 Å². The van der Waals surface area contributed by atoms with E-state index in [2.05, 4.69) is 31.2 Å². The van der Waals surface area contributed by atoms with Crippen molar-refractivity contribution < 1.29 is 9.16 Å². The summed E-state index contributed by atoms with van der Waals surface area (Å²) in [5, 5.41) is 0. The Bertz CT molecular complexity index is 251. The summed E-state index contributed by atoms with van der Waals surface area (Å²) in [4.78, 5) is 0. The van der Waals surface area contributed by atoms with Crippen LogP contribution in [-0.4, -0.2) is 22.7 Å². The average Bonchev–Trinajstić information content (AvgIpc) is 2.29. The van der Waals surface area contributed by atoms with E-state index in [1.54, 1.807) is 0 Å². The number of hydrogen-bond donors (Lipinski definition) is 0.